The molecule has 0 radical (unpaired) electrons. The molecule has 106 valence electrons. The van der Waals surface area contributed by atoms with Crippen molar-refractivity contribution in [3.8, 4) is 5.75 Å². The van der Waals surface area contributed by atoms with Gasteiger partial charge in [-0.3, -0.25) is 4.79 Å². The lowest BCUT2D eigenvalue weighted by Crippen LogP contribution is -2.29. The van der Waals surface area contributed by atoms with Crippen molar-refractivity contribution in [3.63, 3.8) is 0 Å². The summed E-state index contributed by atoms with van der Waals surface area (Å²) in [6.45, 7) is 6.22. The highest BCUT2D eigenvalue weighted by Crippen LogP contribution is 2.20. The molecule has 1 amide bonds. The third-order valence-corrected chi connectivity index (χ3v) is 3.23. The fourth-order valence-corrected chi connectivity index (χ4v) is 2.06. The molecule has 2 N–H and O–H groups in total. The van der Waals surface area contributed by atoms with Gasteiger partial charge >= 0.3 is 0 Å². The third-order valence-electron chi connectivity index (χ3n) is 3.23. The standard InChI is InChI=1S/C14H18N4O2/c1-4-18-13(15-8-16-18)10(3)17-14(20)11-6-5-7-12(19)9(11)2/h5-8,10,19H,4H2,1-3H3,(H,17,20). The first-order valence-corrected chi connectivity index (χ1v) is 6.51. The van der Waals surface area contributed by atoms with E-state index in [1.807, 2.05) is 13.8 Å². The van der Waals surface area contributed by atoms with Gasteiger partial charge in [-0.15, -0.1) is 0 Å². The molecule has 0 aliphatic rings. The monoisotopic (exact) mass is 274 g/mol. The maximum Gasteiger partial charge on any atom is 0.252 e. The molecule has 20 heavy (non-hydrogen) atoms. The summed E-state index contributed by atoms with van der Waals surface area (Å²) in [5.74, 6) is 0.581. The number of aromatic hydroxyl groups is 1. The summed E-state index contributed by atoms with van der Waals surface area (Å²) in [6.07, 6.45) is 1.47. The van der Waals surface area contributed by atoms with Gasteiger partial charge in [-0.25, -0.2) is 9.67 Å². The van der Waals surface area contributed by atoms with E-state index < -0.39 is 0 Å². The number of aromatic nitrogens is 3. The van der Waals surface area contributed by atoms with Gasteiger partial charge < -0.3 is 10.4 Å². The van der Waals surface area contributed by atoms with E-state index in [2.05, 4.69) is 15.4 Å². The molecule has 0 saturated heterocycles. The van der Waals surface area contributed by atoms with Gasteiger partial charge in [0.1, 0.15) is 17.9 Å². The van der Waals surface area contributed by atoms with Gasteiger partial charge in [-0.05, 0) is 32.9 Å². The summed E-state index contributed by atoms with van der Waals surface area (Å²) >= 11 is 0. The van der Waals surface area contributed by atoms with Crippen molar-refractivity contribution in [1.29, 1.82) is 0 Å². The number of carbonyl (C=O) groups excluding carboxylic acids is 1. The molecule has 2 aromatic rings. The van der Waals surface area contributed by atoms with Gasteiger partial charge in [0.05, 0.1) is 6.04 Å². The minimum absolute atomic E-state index is 0.113. The van der Waals surface area contributed by atoms with E-state index in [1.165, 1.54) is 6.33 Å². The first-order chi connectivity index (χ1) is 9.54. The van der Waals surface area contributed by atoms with Crippen LogP contribution in [0, 0.1) is 6.92 Å². The zero-order valence-electron chi connectivity index (χ0n) is 11.8. The SMILES string of the molecule is CCn1ncnc1C(C)NC(=O)c1cccc(O)c1C. The van der Waals surface area contributed by atoms with Crippen LogP contribution in [0.3, 0.4) is 0 Å². The van der Waals surface area contributed by atoms with Crippen molar-refractivity contribution in [2.24, 2.45) is 0 Å². The van der Waals surface area contributed by atoms with Crippen LogP contribution in [-0.2, 0) is 6.54 Å². The second kappa shape index (κ2) is 5.73. The number of amides is 1. The largest absolute Gasteiger partial charge is 0.508 e. The number of aryl methyl sites for hydroxylation is 1. The number of nitrogens with zero attached hydrogens (tertiary/aromatic N) is 3. The summed E-state index contributed by atoms with van der Waals surface area (Å²) in [4.78, 5) is 16.4. The molecule has 1 heterocycles. The first-order valence-electron chi connectivity index (χ1n) is 6.51. The van der Waals surface area contributed by atoms with Gasteiger partial charge in [0, 0.05) is 17.7 Å². The summed E-state index contributed by atoms with van der Waals surface area (Å²) < 4.78 is 1.74. The molecule has 1 atom stereocenters. The molecular formula is C14H18N4O2. The Balaban J connectivity index is 2.17. The van der Waals surface area contributed by atoms with E-state index in [-0.39, 0.29) is 17.7 Å². The highest BCUT2D eigenvalue weighted by atomic mass is 16.3. The second-order valence-corrected chi connectivity index (χ2v) is 4.58. The Hall–Kier alpha value is -2.37. The van der Waals surface area contributed by atoms with E-state index >= 15 is 0 Å². The molecular weight excluding hydrogens is 256 g/mol. The number of phenols is 1. The topological polar surface area (TPSA) is 80.0 Å². The van der Waals surface area contributed by atoms with E-state index in [0.29, 0.717) is 23.5 Å². The molecule has 2 rings (SSSR count). The number of nitrogens with one attached hydrogen (secondary N) is 1. The minimum atomic E-state index is -0.258. The summed E-state index contributed by atoms with van der Waals surface area (Å²) in [6, 6.07) is 4.63. The van der Waals surface area contributed by atoms with E-state index in [9.17, 15) is 9.90 Å². The number of hydrogen-bond acceptors (Lipinski definition) is 4. The van der Waals surface area contributed by atoms with Crippen LogP contribution < -0.4 is 5.32 Å². The Bertz CT molecular complexity index is 621. The molecule has 1 aromatic carbocycles. The second-order valence-electron chi connectivity index (χ2n) is 4.58. The lowest BCUT2D eigenvalue weighted by atomic mass is 10.1. The quantitative estimate of drug-likeness (QED) is 0.891. The Kier molecular flexibility index (Phi) is 4.02. The number of benzene rings is 1. The van der Waals surface area contributed by atoms with E-state index in [0.717, 1.165) is 0 Å². The summed E-state index contributed by atoms with van der Waals surface area (Å²) in [5, 5.41) is 16.6. The molecule has 6 nitrogen and oxygen atoms in total. The van der Waals surface area contributed by atoms with Gasteiger partial charge in [0.25, 0.3) is 5.91 Å². The number of carbonyl (C=O) groups is 1. The maximum atomic E-state index is 12.2. The highest BCUT2D eigenvalue weighted by Gasteiger charge is 2.18. The molecule has 1 aromatic heterocycles. The normalized spacial score (nSPS) is 12.2. The number of hydrogen-bond donors (Lipinski definition) is 2. The van der Waals surface area contributed by atoms with E-state index in [4.69, 9.17) is 0 Å². The molecule has 0 aliphatic heterocycles. The van der Waals surface area contributed by atoms with Crippen LogP contribution in [0.4, 0.5) is 0 Å². The highest BCUT2D eigenvalue weighted by molar-refractivity contribution is 5.96. The molecule has 0 fully saturated rings. The lowest BCUT2D eigenvalue weighted by Gasteiger charge is -2.15. The molecule has 0 saturated carbocycles. The van der Waals surface area contributed by atoms with E-state index in [1.54, 1.807) is 29.8 Å². The number of phenolic OH excluding ortho intramolecular Hbond substituents is 1. The Labute approximate surface area is 117 Å². The summed E-state index contributed by atoms with van der Waals surface area (Å²) in [5.41, 5.74) is 1.02. The smallest absolute Gasteiger partial charge is 0.252 e. The van der Waals surface area contributed by atoms with Crippen LogP contribution >= 0.6 is 0 Å². The van der Waals surface area contributed by atoms with Crippen molar-refractivity contribution in [1.82, 2.24) is 20.1 Å². The Morgan fingerprint density at radius 2 is 2.25 bits per heavy atom. The van der Waals surface area contributed by atoms with Crippen LogP contribution in [-0.4, -0.2) is 25.8 Å². The van der Waals surface area contributed by atoms with Crippen LogP contribution in [0.25, 0.3) is 0 Å². The molecule has 0 bridgehead atoms. The molecule has 6 heteroatoms. The van der Waals surface area contributed by atoms with Crippen molar-refractivity contribution < 1.29 is 9.90 Å². The number of rotatable bonds is 4. The summed E-state index contributed by atoms with van der Waals surface area (Å²) in [7, 11) is 0. The minimum Gasteiger partial charge on any atom is -0.508 e. The lowest BCUT2D eigenvalue weighted by molar-refractivity contribution is 0.0936. The van der Waals surface area contributed by atoms with Crippen molar-refractivity contribution >= 4 is 5.91 Å². The van der Waals surface area contributed by atoms with Crippen LogP contribution in [0.15, 0.2) is 24.5 Å². The van der Waals surface area contributed by atoms with Gasteiger partial charge in [-0.2, -0.15) is 5.10 Å². The van der Waals surface area contributed by atoms with Crippen molar-refractivity contribution in [2.45, 2.75) is 33.4 Å². The zero-order chi connectivity index (χ0) is 14.7. The van der Waals surface area contributed by atoms with Gasteiger partial charge in [0.2, 0.25) is 0 Å². The predicted molar refractivity (Wildman–Crippen MR) is 74.4 cm³/mol. The Morgan fingerprint density at radius 3 is 2.95 bits per heavy atom. The van der Waals surface area contributed by atoms with Gasteiger partial charge in [-0.1, -0.05) is 6.07 Å². The molecule has 1 unspecified atom stereocenters. The van der Waals surface area contributed by atoms with Crippen molar-refractivity contribution in [3.05, 3.63) is 41.5 Å². The third kappa shape index (κ3) is 2.64. The fourth-order valence-electron chi connectivity index (χ4n) is 2.06. The van der Waals surface area contributed by atoms with Crippen LogP contribution in [0.1, 0.15) is 41.6 Å². The molecule has 0 spiro atoms. The predicted octanol–water partition coefficient (Wildman–Crippen LogP) is 1.80. The first kappa shape index (κ1) is 14.0. The maximum absolute atomic E-state index is 12.2. The zero-order valence-corrected chi connectivity index (χ0v) is 11.8. The van der Waals surface area contributed by atoms with Crippen LogP contribution in [0.2, 0.25) is 0 Å². The van der Waals surface area contributed by atoms with Crippen molar-refractivity contribution in [2.75, 3.05) is 0 Å². The van der Waals surface area contributed by atoms with Crippen LogP contribution in [0.5, 0.6) is 5.75 Å². The molecule has 0 aliphatic carbocycles. The fraction of sp³-hybridized carbons (Fsp3) is 0.357. The van der Waals surface area contributed by atoms with Gasteiger partial charge in [0.15, 0.2) is 0 Å². The average molecular weight is 274 g/mol. The average Bonchev–Trinajstić information content (AvgIpc) is 2.90. The Morgan fingerprint density at radius 1 is 1.50 bits per heavy atom.